The Bertz CT molecular complexity index is 221. The lowest BCUT2D eigenvalue weighted by molar-refractivity contribution is -0.133. The molecule has 0 bridgehead atoms. The summed E-state index contributed by atoms with van der Waals surface area (Å²) in [4.78, 5) is 14.3. The lowest BCUT2D eigenvalue weighted by Crippen LogP contribution is -2.14. The Morgan fingerprint density at radius 1 is 1.77 bits per heavy atom. The largest absolute Gasteiger partial charge is 0.347 e. The molecule has 1 aliphatic carbocycles. The number of hydrogen-bond donors (Lipinski definition) is 1. The van der Waals surface area contributed by atoms with Gasteiger partial charge in [0.2, 0.25) is 0 Å². The van der Waals surface area contributed by atoms with E-state index in [1.54, 1.807) is 0 Å². The molecule has 1 aliphatic rings. The van der Waals surface area contributed by atoms with Crippen molar-refractivity contribution < 1.29 is 9.63 Å². The number of carbonyl (C=O) groups excluding carboxylic acids is 1. The number of hydroxylamine groups is 1. The molecule has 1 atom stereocenters. The molecule has 0 amide bonds. The molecule has 3 nitrogen and oxygen atoms in total. The highest BCUT2D eigenvalue weighted by molar-refractivity contribution is 5.37. The molecule has 0 spiro atoms. The van der Waals surface area contributed by atoms with Crippen LogP contribution < -0.4 is 5.48 Å². The first-order valence-corrected chi connectivity index (χ1v) is 4.60. The van der Waals surface area contributed by atoms with Crippen LogP contribution in [0, 0.1) is 5.92 Å². The van der Waals surface area contributed by atoms with Crippen LogP contribution in [0.5, 0.6) is 0 Å². The second-order valence-corrected chi connectivity index (χ2v) is 3.12. The number of allylic oxidation sites excluding steroid dienone is 3. The van der Waals surface area contributed by atoms with E-state index < -0.39 is 0 Å². The van der Waals surface area contributed by atoms with Crippen molar-refractivity contribution >= 4 is 6.47 Å². The van der Waals surface area contributed by atoms with Crippen LogP contribution in [0.25, 0.3) is 0 Å². The van der Waals surface area contributed by atoms with E-state index in [2.05, 4.69) is 23.3 Å². The lowest BCUT2D eigenvalue weighted by Gasteiger charge is -2.14. The van der Waals surface area contributed by atoms with Crippen molar-refractivity contribution in [2.45, 2.75) is 26.2 Å². The molecular weight excluding hydrogens is 166 g/mol. The molecule has 72 valence electrons. The first kappa shape index (κ1) is 9.84. The summed E-state index contributed by atoms with van der Waals surface area (Å²) in [6, 6.07) is 0. The van der Waals surface area contributed by atoms with Crippen LogP contribution in [0.2, 0.25) is 0 Å². The van der Waals surface area contributed by atoms with Crippen LogP contribution in [-0.2, 0) is 9.63 Å². The maximum Gasteiger partial charge on any atom is 0.320 e. The maximum atomic E-state index is 9.88. The van der Waals surface area contributed by atoms with Gasteiger partial charge in [-0.15, -0.1) is 0 Å². The molecule has 1 rings (SSSR count). The van der Waals surface area contributed by atoms with Crippen LogP contribution in [0.15, 0.2) is 23.9 Å². The summed E-state index contributed by atoms with van der Waals surface area (Å²) in [5.74, 6) is 0.645. The molecule has 0 radical (unpaired) electrons. The highest BCUT2D eigenvalue weighted by atomic mass is 16.7. The zero-order chi connectivity index (χ0) is 9.52. The summed E-state index contributed by atoms with van der Waals surface area (Å²) in [6.07, 6.45) is 9.59. The first-order chi connectivity index (χ1) is 6.36. The highest BCUT2D eigenvalue weighted by Gasteiger charge is 2.07. The summed E-state index contributed by atoms with van der Waals surface area (Å²) in [5, 5.41) is 0. The van der Waals surface area contributed by atoms with Crippen molar-refractivity contribution in [3.63, 3.8) is 0 Å². The van der Waals surface area contributed by atoms with Crippen LogP contribution in [0.4, 0.5) is 0 Å². The van der Waals surface area contributed by atoms with E-state index in [1.165, 1.54) is 12.8 Å². The molecule has 13 heavy (non-hydrogen) atoms. The van der Waals surface area contributed by atoms with Crippen LogP contribution in [0.1, 0.15) is 26.2 Å². The Labute approximate surface area is 78.4 Å². The van der Waals surface area contributed by atoms with Gasteiger partial charge in [0, 0.05) is 0 Å². The number of hydrogen-bond acceptors (Lipinski definition) is 3. The second-order valence-electron chi connectivity index (χ2n) is 3.12. The minimum absolute atomic E-state index is 0.382. The van der Waals surface area contributed by atoms with Gasteiger partial charge in [0.05, 0.1) is 5.70 Å². The van der Waals surface area contributed by atoms with Crippen molar-refractivity contribution in [2.75, 3.05) is 0 Å². The van der Waals surface area contributed by atoms with E-state index in [4.69, 9.17) is 0 Å². The van der Waals surface area contributed by atoms with Crippen molar-refractivity contribution in [1.29, 1.82) is 0 Å². The zero-order valence-corrected chi connectivity index (χ0v) is 7.82. The minimum atomic E-state index is 0.382. The third kappa shape index (κ3) is 3.32. The summed E-state index contributed by atoms with van der Waals surface area (Å²) in [7, 11) is 0. The van der Waals surface area contributed by atoms with Gasteiger partial charge in [-0.1, -0.05) is 25.5 Å². The summed E-state index contributed by atoms with van der Waals surface area (Å²) >= 11 is 0. The first-order valence-electron chi connectivity index (χ1n) is 4.60. The normalized spacial score (nSPS) is 20.7. The summed E-state index contributed by atoms with van der Waals surface area (Å²) in [5.41, 5.74) is 3.40. The second kappa shape index (κ2) is 5.41. The van der Waals surface area contributed by atoms with Gasteiger partial charge < -0.3 is 4.84 Å². The minimum Gasteiger partial charge on any atom is -0.347 e. The SMILES string of the molecule is CCCC1C=CC(NOC=O)=CC1. The monoisotopic (exact) mass is 181 g/mol. The van der Waals surface area contributed by atoms with Crippen molar-refractivity contribution in [1.82, 2.24) is 5.48 Å². The van der Waals surface area contributed by atoms with Gasteiger partial charge in [-0.25, -0.2) is 5.48 Å². The van der Waals surface area contributed by atoms with E-state index >= 15 is 0 Å². The predicted octanol–water partition coefficient (Wildman–Crippen LogP) is 1.92. The van der Waals surface area contributed by atoms with E-state index in [-0.39, 0.29) is 0 Å². The van der Waals surface area contributed by atoms with Crippen molar-refractivity contribution in [3.05, 3.63) is 23.9 Å². The fourth-order valence-electron chi connectivity index (χ4n) is 1.42. The van der Waals surface area contributed by atoms with Gasteiger partial charge in [0.1, 0.15) is 0 Å². The van der Waals surface area contributed by atoms with Gasteiger partial charge in [-0.2, -0.15) is 0 Å². The van der Waals surface area contributed by atoms with Gasteiger partial charge in [0.15, 0.2) is 0 Å². The topological polar surface area (TPSA) is 38.3 Å². The van der Waals surface area contributed by atoms with Crippen LogP contribution in [-0.4, -0.2) is 6.47 Å². The fourth-order valence-corrected chi connectivity index (χ4v) is 1.42. The number of carbonyl (C=O) groups is 1. The number of rotatable bonds is 5. The molecule has 0 heterocycles. The van der Waals surface area contributed by atoms with Crippen LogP contribution in [0.3, 0.4) is 0 Å². The average Bonchev–Trinajstić information content (AvgIpc) is 2.17. The Morgan fingerprint density at radius 2 is 2.62 bits per heavy atom. The smallest absolute Gasteiger partial charge is 0.320 e. The van der Waals surface area contributed by atoms with Crippen molar-refractivity contribution in [2.24, 2.45) is 5.92 Å². The van der Waals surface area contributed by atoms with Crippen LogP contribution >= 0.6 is 0 Å². The standard InChI is InChI=1S/C10H15NO2/c1-2-3-9-4-6-10(7-5-9)11-13-8-12/h4,6-9,11H,2-3,5H2,1H3. The molecule has 0 saturated carbocycles. The van der Waals surface area contributed by atoms with Gasteiger partial charge >= 0.3 is 6.47 Å². The Hall–Kier alpha value is -1.25. The summed E-state index contributed by atoms with van der Waals surface area (Å²) < 4.78 is 0. The Balaban J connectivity index is 2.31. The summed E-state index contributed by atoms with van der Waals surface area (Å²) in [6.45, 7) is 2.56. The molecule has 0 fully saturated rings. The van der Waals surface area contributed by atoms with Gasteiger partial charge in [-0.3, -0.25) is 4.79 Å². The zero-order valence-electron chi connectivity index (χ0n) is 7.82. The van der Waals surface area contributed by atoms with Gasteiger partial charge in [0.25, 0.3) is 0 Å². The molecule has 0 aromatic heterocycles. The molecule has 1 N–H and O–H groups in total. The average molecular weight is 181 g/mol. The number of nitrogens with one attached hydrogen (secondary N) is 1. The molecule has 0 saturated heterocycles. The quantitative estimate of drug-likeness (QED) is 0.520. The molecule has 3 heteroatoms. The molecule has 0 aromatic rings. The molecule has 1 unspecified atom stereocenters. The van der Waals surface area contributed by atoms with E-state index in [0.717, 1.165) is 12.1 Å². The Kier molecular flexibility index (Phi) is 4.09. The molecule has 0 aromatic carbocycles. The van der Waals surface area contributed by atoms with E-state index in [0.29, 0.717) is 12.4 Å². The predicted molar refractivity (Wildman–Crippen MR) is 50.5 cm³/mol. The highest BCUT2D eigenvalue weighted by Crippen LogP contribution is 2.19. The van der Waals surface area contributed by atoms with E-state index in [9.17, 15) is 4.79 Å². The molecular formula is C10H15NO2. The fraction of sp³-hybridized carbons (Fsp3) is 0.500. The molecule has 0 aliphatic heterocycles. The Morgan fingerprint density at radius 3 is 3.15 bits per heavy atom. The van der Waals surface area contributed by atoms with Gasteiger partial charge in [-0.05, 0) is 24.8 Å². The van der Waals surface area contributed by atoms with E-state index in [1.807, 2.05) is 12.2 Å². The third-order valence-electron chi connectivity index (χ3n) is 2.07. The lowest BCUT2D eigenvalue weighted by atomic mass is 9.95. The third-order valence-corrected chi connectivity index (χ3v) is 2.07. The van der Waals surface area contributed by atoms with Crippen molar-refractivity contribution in [3.8, 4) is 0 Å². The maximum absolute atomic E-state index is 9.88.